The Morgan fingerprint density at radius 1 is 0.304 bits per heavy atom. The first-order chi connectivity index (χ1) is 34.0. The Bertz CT molecular complexity index is 1470. The fourth-order valence-electron chi connectivity index (χ4n) is 7.21. The molecular formula is C63H102O6. The summed E-state index contributed by atoms with van der Waals surface area (Å²) in [6.45, 7) is 6.39. The molecule has 0 saturated heterocycles. The summed E-state index contributed by atoms with van der Waals surface area (Å²) in [5.41, 5.74) is 0. The highest BCUT2D eigenvalue weighted by atomic mass is 16.6. The number of hydrogen-bond donors (Lipinski definition) is 0. The molecule has 0 aliphatic rings. The van der Waals surface area contributed by atoms with Crippen LogP contribution in [0.5, 0.6) is 0 Å². The number of rotatable bonds is 49. The summed E-state index contributed by atoms with van der Waals surface area (Å²) >= 11 is 0. The minimum Gasteiger partial charge on any atom is -0.462 e. The van der Waals surface area contributed by atoms with Gasteiger partial charge >= 0.3 is 17.9 Å². The van der Waals surface area contributed by atoms with Crippen LogP contribution in [0.3, 0.4) is 0 Å². The topological polar surface area (TPSA) is 78.9 Å². The van der Waals surface area contributed by atoms with Crippen LogP contribution in [-0.4, -0.2) is 37.2 Å². The van der Waals surface area contributed by atoms with E-state index in [9.17, 15) is 14.4 Å². The predicted molar refractivity (Wildman–Crippen MR) is 297 cm³/mol. The van der Waals surface area contributed by atoms with Crippen molar-refractivity contribution in [2.24, 2.45) is 0 Å². The van der Waals surface area contributed by atoms with Gasteiger partial charge in [0.05, 0.1) is 0 Å². The van der Waals surface area contributed by atoms with E-state index in [1.807, 2.05) is 0 Å². The van der Waals surface area contributed by atoms with Crippen molar-refractivity contribution in [1.29, 1.82) is 0 Å². The van der Waals surface area contributed by atoms with Crippen molar-refractivity contribution in [3.63, 3.8) is 0 Å². The molecule has 0 heterocycles. The van der Waals surface area contributed by atoms with E-state index in [0.29, 0.717) is 19.3 Å². The molecule has 0 aromatic carbocycles. The van der Waals surface area contributed by atoms with E-state index in [4.69, 9.17) is 14.2 Å². The van der Waals surface area contributed by atoms with E-state index < -0.39 is 6.10 Å². The molecule has 0 fully saturated rings. The zero-order chi connectivity index (χ0) is 50.0. The molecule has 69 heavy (non-hydrogen) atoms. The Morgan fingerprint density at radius 2 is 0.594 bits per heavy atom. The summed E-state index contributed by atoms with van der Waals surface area (Å²) in [4.78, 5) is 38.1. The van der Waals surface area contributed by atoms with Gasteiger partial charge in [0.1, 0.15) is 13.2 Å². The first kappa shape index (κ1) is 64.8. The number of allylic oxidation sites excluding steroid dienone is 20. The third-order valence-corrected chi connectivity index (χ3v) is 11.4. The van der Waals surface area contributed by atoms with Gasteiger partial charge in [-0.15, -0.1) is 0 Å². The average Bonchev–Trinajstić information content (AvgIpc) is 3.35. The van der Waals surface area contributed by atoms with E-state index in [2.05, 4.69) is 142 Å². The van der Waals surface area contributed by atoms with Crippen molar-refractivity contribution in [2.45, 2.75) is 245 Å². The van der Waals surface area contributed by atoms with Crippen molar-refractivity contribution >= 4 is 17.9 Å². The molecule has 6 heteroatoms. The monoisotopic (exact) mass is 955 g/mol. The smallest absolute Gasteiger partial charge is 0.306 e. The third-order valence-electron chi connectivity index (χ3n) is 11.4. The lowest BCUT2D eigenvalue weighted by Crippen LogP contribution is -2.30. The normalized spacial score (nSPS) is 13.0. The molecule has 0 amide bonds. The SMILES string of the molecule is CC/C=C\C/C=C\C/C=C\C/C=C\C/C=C\C/C=C\C/C=C\CCCC(=O)OCC(COC(=O)CCCCCCC/C=C\CCCC)OC(=O)CCCCCCCCC/C=C\C/C=C\CCCCC. The number of unbranched alkanes of at least 4 members (excludes halogenated alkanes) is 18. The summed E-state index contributed by atoms with van der Waals surface area (Å²) < 4.78 is 16.8. The largest absolute Gasteiger partial charge is 0.462 e. The molecule has 0 rings (SSSR count). The molecule has 1 atom stereocenters. The molecule has 0 saturated carbocycles. The maximum absolute atomic E-state index is 12.8. The van der Waals surface area contributed by atoms with Crippen molar-refractivity contribution in [1.82, 2.24) is 0 Å². The molecular weight excluding hydrogens is 853 g/mol. The van der Waals surface area contributed by atoms with Crippen LogP contribution in [0, 0.1) is 0 Å². The van der Waals surface area contributed by atoms with Crippen LogP contribution in [0.25, 0.3) is 0 Å². The van der Waals surface area contributed by atoms with Crippen molar-refractivity contribution in [2.75, 3.05) is 13.2 Å². The maximum Gasteiger partial charge on any atom is 0.306 e. The number of esters is 3. The van der Waals surface area contributed by atoms with Gasteiger partial charge in [0.2, 0.25) is 0 Å². The molecule has 0 N–H and O–H groups in total. The summed E-state index contributed by atoms with van der Waals surface area (Å²) in [6.07, 6.45) is 77.6. The van der Waals surface area contributed by atoms with Gasteiger partial charge in [0.15, 0.2) is 6.10 Å². The van der Waals surface area contributed by atoms with Gasteiger partial charge in [0.25, 0.3) is 0 Å². The predicted octanol–water partition coefficient (Wildman–Crippen LogP) is 18.9. The van der Waals surface area contributed by atoms with E-state index in [1.54, 1.807) is 0 Å². The Kier molecular flexibility index (Phi) is 53.0. The second kappa shape index (κ2) is 56.4. The molecule has 390 valence electrons. The number of ether oxygens (including phenoxy) is 3. The first-order valence-electron chi connectivity index (χ1n) is 28.0. The fourth-order valence-corrected chi connectivity index (χ4v) is 7.21. The number of carbonyl (C=O) groups excluding carboxylic acids is 3. The Hall–Kier alpha value is -4.19. The molecule has 0 aliphatic heterocycles. The minimum atomic E-state index is -0.812. The first-order valence-corrected chi connectivity index (χ1v) is 28.0. The standard InChI is InChI=1S/C63H102O6/c1-4-7-10-13-16-19-22-24-26-28-29-30-31-32-33-35-36-38-41-44-47-50-53-56-62(65)68-59-60(58-67-61(64)55-52-49-46-43-40-21-18-15-12-9-6-3)69-63(66)57-54-51-48-45-42-39-37-34-27-25-23-20-17-14-11-8-5-2/h7,10,15-20,24-27,29-30,32-33,36,38,44,47,60H,4-6,8-9,11-14,21-23,28,31,34-35,37,39-43,45-46,48-59H2,1-3H3/b10-7-,18-15-,19-16-,20-17-,26-24-,27-25-,30-29-,33-32-,38-36-,47-44-. The number of carbonyl (C=O) groups is 3. The zero-order valence-corrected chi connectivity index (χ0v) is 44.5. The Labute approximate surface area is 424 Å². The highest BCUT2D eigenvalue weighted by Gasteiger charge is 2.19. The summed E-state index contributed by atoms with van der Waals surface area (Å²) in [5.74, 6) is -0.990. The summed E-state index contributed by atoms with van der Waals surface area (Å²) in [7, 11) is 0. The molecule has 0 radical (unpaired) electrons. The minimum absolute atomic E-state index is 0.107. The second-order valence-electron chi connectivity index (χ2n) is 18.1. The van der Waals surface area contributed by atoms with Crippen molar-refractivity contribution in [3.8, 4) is 0 Å². The molecule has 1 unspecified atom stereocenters. The Morgan fingerprint density at radius 3 is 1.00 bits per heavy atom. The van der Waals surface area contributed by atoms with E-state index in [-0.39, 0.29) is 37.5 Å². The molecule has 0 bridgehead atoms. The lowest BCUT2D eigenvalue weighted by atomic mass is 10.1. The number of hydrogen-bond acceptors (Lipinski definition) is 6. The van der Waals surface area contributed by atoms with Gasteiger partial charge < -0.3 is 14.2 Å². The summed E-state index contributed by atoms with van der Waals surface area (Å²) in [5, 5.41) is 0. The van der Waals surface area contributed by atoms with Crippen LogP contribution in [0.2, 0.25) is 0 Å². The van der Waals surface area contributed by atoms with Gasteiger partial charge in [-0.05, 0) is 122 Å². The molecule has 0 aliphatic carbocycles. The van der Waals surface area contributed by atoms with Crippen LogP contribution in [0.4, 0.5) is 0 Å². The zero-order valence-electron chi connectivity index (χ0n) is 44.5. The fraction of sp³-hybridized carbons (Fsp3) is 0.635. The average molecular weight is 956 g/mol. The second-order valence-corrected chi connectivity index (χ2v) is 18.1. The van der Waals surface area contributed by atoms with Gasteiger partial charge in [-0.1, -0.05) is 219 Å². The lowest BCUT2D eigenvalue weighted by molar-refractivity contribution is -0.167. The maximum atomic E-state index is 12.8. The molecule has 0 aromatic rings. The quantitative estimate of drug-likeness (QED) is 0.0262. The third kappa shape index (κ3) is 54.6. The van der Waals surface area contributed by atoms with E-state index in [0.717, 1.165) is 116 Å². The van der Waals surface area contributed by atoms with Crippen LogP contribution in [0.15, 0.2) is 122 Å². The van der Waals surface area contributed by atoms with Crippen molar-refractivity contribution < 1.29 is 28.6 Å². The van der Waals surface area contributed by atoms with E-state index >= 15 is 0 Å². The van der Waals surface area contributed by atoms with Gasteiger partial charge in [0, 0.05) is 19.3 Å². The van der Waals surface area contributed by atoms with Crippen LogP contribution >= 0.6 is 0 Å². The van der Waals surface area contributed by atoms with Crippen molar-refractivity contribution in [3.05, 3.63) is 122 Å². The van der Waals surface area contributed by atoms with Gasteiger partial charge in [-0.2, -0.15) is 0 Å². The highest BCUT2D eigenvalue weighted by molar-refractivity contribution is 5.71. The van der Waals surface area contributed by atoms with Crippen LogP contribution < -0.4 is 0 Å². The summed E-state index contributed by atoms with van der Waals surface area (Å²) in [6, 6.07) is 0. The van der Waals surface area contributed by atoms with Crippen LogP contribution in [0.1, 0.15) is 239 Å². The van der Waals surface area contributed by atoms with E-state index in [1.165, 1.54) is 77.0 Å². The Balaban J connectivity index is 4.48. The molecule has 0 aromatic heterocycles. The molecule has 6 nitrogen and oxygen atoms in total. The van der Waals surface area contributed by atoms with Gasteiger partial charge in [-0.3, -0.25) is 14.4 Å². The highest BCUT2D eigenvalue weighted by Crippen LogP contribution is 2.13. The lowest BCUT2D eigenvalue weighted by Gasteiger charge is -2.18. The molecule has 0 spiro atoms. The van der Waals surface area contributed by atoms with Gasteiger partial charge in [-0.25, -0.2) is 0 Å². The van der Waals surface area contributed by atoms with Crippen LogP contribution in [-0.2, 0) is 28.6 Å².